The van der Waals surface area contributed by atoms with E-state index in [9.17, 15) is 0 Å². The van der Waals surface area contributed by atoms with Crippen LogP contribution in [0.25, 0.3) is 0 Å². The van der Waals surface area contributed by atoms with Crippen LogP contribution in [0.1, 0.15) is 31.0 Å². The Morgan fingerprint density at radius 2 is 2.33 bits per heavy atom. The third-order valence-corrected chi connectivity index (χ3v) is 3.03. The molecule has 0 bridgehead atoms. The van der Waals surface area contributed by atoms with Crippen molar-refractivity contribution in [3.05, 3.63) is 23.4 Å². The summed E-state index contributed by atoms with van der Waals surface area (Å²) in [4.78, 5) is 6.85. The zero-order chi connectivity index (χ0) is 10.8. The van der Waals surface area contributed by atoms with E-state index in [-0.39, 0.29) is 6.61 Å². The van der Waals surface area contributed by atoms with Crippen molar-refractivity contribution in [1.29, 1.82) is 0 Å². The number of aromatic nitrogens is 1. The minimum atomic E-state index is 0.0958. The summed E-state index contributed by atoms with van der Waals surface area (Å²) in [5.74, 6) is 1.02. The zero-order valence-corrected chi connectivity index (χ0v) is 9.40. The predicted octanol–water partition coefficient (Wildman–Crippen LogP) is 1.87. The second-order valence-corrected chi connectivity index (χ2v) is 4.32. The molecule has 0 spiro atoms. The van der Waals surface area contributed by atoms with Gasteiger partial charge in [-0.05, 0) is 44.4 Å². The minimum absolute atomic E-state index is 0.0958. The Labute approximate surface area is 90.8 Å². The predicted molar refractivity (Wildman–Crippen MR) is 60.9 cm³/mol. The van der Waals surface area contributed by atoms with Crippen LogP contribution in [0.4, 0.5) is 5.82 Å². The molecule has 3 nitrogen and oxygen atoms in total. The molecule has 1 unspecified atom stereocenters. The number of anilines is 1. The second-order valence-electron chi connectivity index (χ2n) is 4.32. The van der Waals surface area contributed by atoms with Crippen LogP contribution in [0, 0.1) is 6.92 Å². The SMILES string of the molecule is Cc1cc(CO)cc(N2CCCC2C)n1. The monoisotopic (exact) mass is 206 g/mol. The fraction of sp³-hybridized carbons (Fsp3) is 0.583. The smallest absolute Gasteiger partial charge is 0.129 e. The van der Waals surface area contributed by atoms with Crippen molar-refractivity contribution in [2.24, 2.45) is 0 Å². The molecule has 15 heavy (non-hydrogen) atoms. The Bertz CT molecular complexity index is 351. The van der Waals surface area contributed by atoms with Crippen molar-refractivity contribution in [3.8, 4) is 0 Å². The molecule has 2 rings (SSSR count). The molecule has 3 heteroatoms. The topological polar surface area (TPSA) is 36.4 Å². The fourth-order valence-corrected chi connectivity index (χ4v) is 2.23. The third-order valence-electron chi connectivity index (χ3n) is 3.03. The van der Waals surface area contributed by atoms with E-state index in [0.717, 1.165) is 23.6 Å². The highest BCUT2D eigenvalue weighted by molar-refractivity contribution is 5.44. The highest BCUT2D eigenvalue weighted by Gasteiger charge is 2.21. The van der Waals surface area contributed by atoms with Gasteiger partial charge in [-0.1, -0.05) is 0 Å². The first-order chi connectivity index (χ1) is 7.20. The zero-order valence-electron chi connectivity index (χ0n) is 9.40. The molecule has 82 valence electrons. The first-order valence-electron chi connectivity index (χ1n) is 5.56. The van der Waals surface area contributed by atoms with E-state index >= 15 is 0 Å². The number of hydrogen-bond acceptors (Lipinski definition) is 3. The van der Waals surface area contributed by atoms with E-state index in [0.29, 0.717) is 6.04 Å². The van der Waals surface area contributed by atoms with Gasteiger partial charge < -0.3 is 10.0 Å². The lowest BCUT2D eigenvalue weighted by Crippen LogP contribution is -2.27. The van der Waals surface area contributed by atoms with Gasteiger partial charge in [0.05, 0.1) is 6.61 Å². The van der Waals surface area contributed by atoms with Crippen LogP contribution >= 0.6 is 0 Å². The molecule has 0 saturated carbocycles. The fourth-order valence-electron chi connectivity index (χ4n) is 2.23. The van der Waals surface area contributed by atoms with Gasteiger partial charge in [-0.25, -0.2) is 4.98 Å². The van der Waals surface area contributed by atoms with Crippen molar-refractivity contribution < 1.29 is 5.11 Å². The van der Waals surface area contributed by atoms with Crippen LogP contribution in [-0.2, 0) is 6.61 Å². The maximum Gasteiger partial charge on any atom is 0.129 e. The van der Waals surface area contributed by atoms with Crippen LogP contribution < -0.4 is 4.90 Å². The Kier molecular flexibility index (Phi) is 2.91. The van der Waals surface area contributed by atoms with Crippen molar-refractivity contribution in [1.82, 2.24) is 4.98 Å². The van der Waals surface area contributed by atoms with Crippen LogP contribution in [0.5, 0.6) is 0 Å². The number of pyridine rings is 1. The quantitative estimate of drug-likeness (QED) is 0.802. The molecule has 1 aromatic heterocycles. The van der Waals surface area contributed by atoms with Crippen molar-refractivity contribution in [3.63, 3.8) is 0 Å². The van der Waals surface area contributed by atoms with Crippen LogP contribution in [0.15, 0.2) is 12.1 Å². The van der Waals surface area contributed by atoms with Crippen LogP contribution in [0.3, 0.4) is 0 Å². The Balaban J connectivity index is 2.30. The van der Waals surface area contributed by atoms with Gasteiger partial charge in [0.1, 0.15) is 5.82 Å². The molecular formula is C12H18N2O. The van der Waals surface area contributed by atoms with Crippen molar-refractivity contribution in [2.75, 3.05) is 11.4 Å². The van der Waals surface area contributed by atoms with Gasteiger partial charge in [0.25, 0.3) is 0 Å². The second kappa shape index (κ2) is 4.19. The molecule has 1 fully saturated rings. The van der Waals surface area contributed by atoms with E-state index in [1.165, 1.54) is 12.8 Å². The molecule has 1 aromatic rings. The summed E-state index contributed by atoms with van der Waals surface area (Å²) in [5, 5.41) is 9.15. The molecule has 1 aliphatic heterocycles. The Morgan fingerprint density at radius 3 is 2.93 bits per heavy atom. The lowest BCUT2D eigenvalue weighted by molar-refractivity contribution is 0.281. The number of aliphatic hydroxyl groups excluding tert-OH is 1. The average molecular weight is 206 g/mol. The van der Waals surface area contributed by atoms with Crippen molar-refractivity contribution >= 4 is 5.82 Å². The van der Waals surface area contributed by atoms with Gasteiger partial charge in [0.2, 0.25) is 0 Å². The van der Waals surface area contributed by atoms with Gasteiger partial charge in [0.15, 0.2) is 0 Å². The summed E-state index contributed by atoms with van der Waals surface area (Å²) in [6.07, 6.45) is 2.48. The highest BCUT2D eigenvalue weighted by Crippen LogP contribution is 2.24. The molecule has 0 aliphatic carbocycles. The maximum atomic E-state index is 9.15. The molecule has 1 atom stereocenters. The summed E-state index contributed by atoms with van der Waals surface area (Å²) < 4.78 is 0. The lowest BCUT2D eigenvalue weighted by Gasteiger charge is -2.23. The van der Waals surface area contributed by atoms with Gasteiger partial charge in [-0.15, -0.1) is 0 Å². The molecule has 1 aliphatic rings. The van der Waals surface area contributed by atoms with E-state index in [1.807, 2.05) is 19.1 Å². The Hall–Kier alpha value is -1.09. The van der Waals surface area contributed by atoms with Gasteiger partial charge >= 0.3 is 0 Å². The molecule has 0 aromatic carbocycles. The number of hydrogen-bond donors (Lipinski definition) is 1. The number of aryl methyl sites for hydroxylation is 1. The minimum Gasteiger partial charge on any atom is -0.392 e. The molecule has 1 N–H and O–H groups in total. The van der Waals surface area contributed by atoms with Crippen LogP contribution in [0.2, 0.25) is 0 Å². The van der Waals surface area contributed by atoms with E-state index in [1.54, 1.807) is 0 Å². The molecular weight excluding hydrogens is 188 g/mol. The summed E-state index contributed by atoms with van der Waals surface area (Å²) in [5.41, 5.74) is 1.94. The van der Waals surface area contributed by atoms with Gasteiger partial charge in [0, 0.05) is 18.3 Å². The summed E-state index contributed by atoms with van der Waals surface area (Å²) in [6, 6.07) is 4.50. The molecule has 0 radical (unpaired) electrons. The molecule has 1 saturated heterocycles. The number of aliphatic hydroxyl groups is 1. The largest absolute Gasteiger partial charge is 0.392 e. The van der Waals surface area contributed by atoms with E-state index in [4.69, 9.17) is 5.11 Å². The lowest BCUT2D eigenvalue weighted by atomic mass is 10.2. The standard InChI is InChI=1S/C12H18N2O/c1-9-6-11(8-15)7-12(13-9)14-5-3-4-10(14)2/h6-7,10,15H,3-5,8H2,1-2H3. The Morgan fingerprint density at radius 1 is 1.53 bits per heavy atom. The summed E-state index contributed by atoms with van der Waals surface area (Å²) in [7, 11) is 0. The molecule has 0 amide bonds. The maximum absolute atomic E-state index is 9.15. The third kappa shape index (κ3) is 2.12. The van der Waals surface area contributed by atoms with E-state index in [2.05, 4.69) is 16.8 Å². The first-order valence-corrected chi connectivity index (χ1v) is 5.56. The van der Waals surface area contributed by atoms with Gasteiger partial charge in [-0.2, -0.15) is 0 Å². The average Bonchev–Trinajstić information content (AvgIpc) is 2.63. The summed E-state index contributed by atoms with van der Waals surface area (Å²) >= 11 is 0. The van der Waals surface area contributed by atoms with E-state index < -0.39 is 0 Å². The highest BCUT2D eigenvalue weighted by atomic mass is 16.3. The summed E-state index contributed by atoms with van der Waals surface area (Å²) in [6.45, 7) is 5.39. The van der Waals surface area contributed by atoms with Crippen molar-refractivity contribution in [2.45, 2.75) is 39.3 Å². The number of nitrogens with zero attached hydrogens (tertiary/aromatic N) is 2. The van der Waals surface area contributed by atoms with Crippen LogP contribution in [-0.4, -0.2) is 22.7 Å². The molecule has 2 heterocycles. The first kappa shape index (κ1) is 10.4. The normalized spacial score (nSPS) is 21.0. The van der Waals surface area contributed by atoms with Gasteiger partial charge in [-0.3, -0.25) is 0 Å². The number of rotatable bonds is 2.